The minimum absolute atomic E-state index is 0.156. The second-order valence-electron chi connectivity index (χ2n) is 8.03. The number of aryl methyl sites for hydroxylation is 2. The first-order valence-electron chi connectivity index (χ1n) is 11.9. The van der Waals surface area contributed by atoms with Gasteiger partial charge in [-0.2, -0.15) is 0 Å². The zero-order chi connectivity index (χ0) is 25.0. The van der Waals surface area contributed by atoms with E-state index in [4.69, 9.17) is 30.5 Å². The van der Waals surface area contributed by atoms with E-state index < -0.39 is 0 Å². The summed E-state index contributed by atoms with van der Waals surface area (Å²) in [6.07, 6.45) is 3.94. The number of ether oxygens (including phenoxy) is 4. The topological polar surface area (TPSA) is 66.9 Å². The van der Waals surface area contributed by atoms with Gasteiger partial charge in [-0.15, -0.1) is 0 Å². The zero-order valence-electron chi connectivity index (χ0n) is 20.5. The SMILES string of the molecule is CCOC(=O)CCc1ccc(OCC[C@H](C)Oc2ncc(Cl)cc2Oc2ccccc2)cc1CC. The van der Waals surface area contributed by atoms with Gasteiger partial charge in [-0.05, 0) is 62.1 Å². The van der Waals surface area contributed by atoms with Gasteiger partial charge >= 0.3 is 5.97 Å². The number of esters is 1. The summed E-state index contributed by atoms with van der Waals surface area (Å²) in [5.74, 6) is 2.14. The molecule has 3 rings (SSSR count). The number of hydrogen-bond donors (Lipinski definition) is 0. The average molecular weight is 498 g/mol. The highest BCUT2D eigenvalue weighted by molar-refractivity contribution is 6.30. The summed E-state index contributed by atoms with van der Waals surface area (Å²) in [7, 11) is 0. The molecule has 1 aromatic heterocycles. The van der Waals surface area contributed by atoms with Crippen molar-refractivity contribution < 1.29 is 23.7 Å². The Morgan fingerprint density at radius 1 is 1.03 bits per heavy atom. The van der Waals surface area contributed by atoms with Gasteiger partial charge in [0.05, 0.1) is 18.2 Å². The maximum atomic E-state index is 11.7. The second kappa shape index (κ2) is 13.6. The van der Waals surface area contributed by atoms with Crippen molar-refractivity contribution in [2.45, 2.75) is 52.6 Å². The quantitative estimate of drug-likeness (QED) is 0.241. The lowest BCUT2D eigenvalue weighted by Gasteiger charge is -2.17. The number of rotatable bonds is 13. The molecule has 0 saturated carbocycles. The van der Waals surface area contributed by atoms with E-state index in [-0.39, 0.29) is 12.1 Å². The normalized spacial score (nSPS) is 11.5. The summed E-state index contributed by atoms with van der Waals surface area (Å²) in [5.41, 5.74) is 2.31. The molecule has 1 atom stereocenters. The van der Waals surface area contributed by atoms with Crippen LogP contribution < -0.4 is 14.2 Å². The third-order valence-electron chi connectivity index (χ3n) is 5.32. The molecule has 0 unspecified atom stereocenters. The second-order valence-corrected chi connectivity index (χ2v) is 8.46. The highest BCUT2D eigenvalue weighted by Gasteiger charge is 2.14. The Morgan fingerprint density at radius 2 is 1.83 bits per heavy atom. The van der Waals surface area contributed by atoms with Crippen molar-refractivity contribution in [1.82, 2.24) is 4.98 Å². The van der Waals surface area contributed by atoms with Gasteiger partial charge in [0, 0.05) is 25.1 Å². The zero-order valence-corrected chi connectivity index (χ0v) is 21.2. The molecule has 0 aliphatic heterocycles. The van der Waals surface area contributed by atoms with Crippen molar-refractivity contribution >= 4 is 17.6 Å². The van der Waals surface area contributed by atoms with Gasteiger partial charge in [0.25, 0.3) is 5.88 Å². The highest BCUT2D eigenvalue weighted by atomic mass is 35.5. The maximum Gasteiger partial charge on any atom is 0.306 e. The van der Waals surface area contributed by atoms with Crippen LogP contribution in [0.15, 0.2) is 60.8 Å². The number of carbonyl (C=O) groups is 1. The van der Waals surface area contributed by atoms with Gasteiger partial charge in [-0.3, -0.25) is 4.79 Å². The summed E-state index contributed by atoms with van der Waals surface area (Å²) in [5, 5.41) is 0.469. The third kappa shape index (κ3) is 8.48. The first-order valence-corrected chi connectivity index (χ1v) is 12.3. The summed E-state index contributed by atoms with van der Waals surface area (Å²) >= 11 is 6.12. The predicted molar refractivity (Wildman–Crippen MR) is 137 cm³/mol. The molecule has 186 valence electrons. The van der Waals surface area contributed by atoms with Gasteiger partial charge < -0.3 is 18.9 Å². The van der Waals surface area contributed by atoms with Crippen LogP contribution in [0.3, 0.4) is 0 Å². The molecule has 1 heterocycles. The average Bonchev–Trinajstić information content (AvgIpc) is 2.85. The lowest BCUT2D eigenvalue weighted by atomic mass is 10.0. The van der Waals surface area contributed by atoms with Crippen LogP contribution >= 0.6 is 11.6 Å². The number of para-hydroxylation sites is 1. The lowest BCUT2D eigenvalue weighted by molar-refractivity contribution is -0.143. The van der Waals surface area contributed by atoms with E-state index in [2.05, 4.69) is 11.9 Å². The molecule has 0 amide bonds. The van der Waals surface area contributed by atoms with Crippen molar-refractivity contribution in [3.05, 3.63) is 76.9 Å². The molecule has 0 N–H and O–H groups in total. The summed E-state index contributed by atoms with van der Waals surface area (Å²) in [4.78, 5) is 16.0. The van der Waals surface area contributed by atoms with Gasteiger partial charge in [0.1, 0.15) is 17.6 Å². The fourth-order valence-electron chi connectivity index (χ4n) is 3.51. The minimum atomic E-state index is -0.170. The molecule has 6 nitrogen and oxygen atoms in total. The van der Waals surface area contributed by atoms with Crippen LogP contribution in [0.1, 0.15) is 44.7 Å². The van der Waals surface area contributed by atoms with Crippen LogP contribution in [0.2, 0.25) is 5.02 Å². The van der Waals surface area contributed by atoms with Crippen molar-refractivity contribution in [2.75, 3.05) is 13.2 Å². The number of nitrogens with zero attached hydrogens (tertiary/aromatic N) is 1. The Labute approximate surface area is 212 Å². The smallest absolute Gasteiger partial charge is 0.306 e. The first-order chi connectivity index (χ1) is 17.0. The molecule has 0 fully saturated rings. The number of halogens is 1. The molecule has 0 bridgehead atoms. The number of pyridine rings is 1. The van der Waals surface area contributed by atoms with E-state index >= 15 is 0 Å². The van der Waals surface area contributed by atoms with Crippen molar-refractivity contribution in [2.24, 2.45) is 0 Å². The van der Waals surface area contributed by atoms with Crippen molar-refractivity contribution in [1.29, 1.82) is 0 Å². The van der Waals surface area contributed by atoms with Gasteiger partial charge in [0.15, 0.2) is 5.75 Å². The van der Waals surface area contributed by atoms with E-state index in [1.54, 1.807) is 6.07 Å². The van der Waals surface area contributed by atoms with Crippen LogP contribution in [0, 0.1) is 0 Å². The van der Waals surface area contributed by atoms with Gasteiger partial charge in [-0.1, -0.05) is 42.8 Å². The highest BCUT2D eigenvalue weighted by Crippen LogP contribution is 2.32. The van der Waals surface area contributed by atoms with Crippen molar-refractivity contribution in [3.8, 4) is 23.1 Å². The fourth-order valence-corrected chi connectivity index (χ4v) is 3.66. The van der Waals surface area contributed by atoms with Crippen LogP contribution in [0.4, 0.5) is 0 Å². The molecule has 7 heteroatoms. The van der Waals surface area contributed by atoms with E-state index in [1.807, 2.05) is 62.4 Å². The molecule has 0 spiro atoms. The van der Waals surface area contributed by atoms with Crippen LogP contribution in [0.25, 0.3) is 0 Å². The standard InChI is InChI=1S/C28H32ClNO5/c1-4-21-17-25(13-11-22(21)12-14-27(31)32-5-2)33-16-15-20(3)34-28-26(18-23(29)19-30-28)35-24-9-7-6-8-10-24/h6-11,13,17-20H,4-5,12,14-16H2,1-3H3/t20-/m0/s1. The number of hydrogen-bond acceptors (Lipinski definition) is 6. The summed E-state index contributed by atoms with van der Waals surface area (Å²) in [6, 6.07) is 17.1. The van der Waals surface area contributed by atoms with Crippen LogP contribution in [-0.2, 0) is 22.4 Å². The molecule has 0 radical (unpaired) electrons. The Balaban J connectivity index is 1.53. The minimum Gasteiger partial charge on any atom is -0.493 e. The van der Waals surface area contributed by atoms with Crippen LogP contribution in [-0.4, -0.2) is 30.3 Å². The molecular weight excluding hydrogens is 466 g/mol. The number of carbonyl (C=O) groups excluding carboxylic acids is 1. The molecule has 2 aromatic carbocycles. The van der Waals surface area contributed by atoms with E-state index in [1.165, 1.54) is 11.8 Å². The van der Waals surface area contributed by atoms with E-state index in [9.17, 15) is 4.79 Å². The number of aromatic nitrogens is 1. The molecular formula is C28H32ClNO5. The maximum absolute atomic E-state index is 11.7. The first kappa shape index (κ1) is 26.4. The molecule has 0 saturated heterocycles. The molecule has 0 aliphatic rings. The number of benzene rings is 2. The molecule has 0 aliphatic carbocycles. The summed E-state index contributed by atoms with van der Waals surface area (Å²) < 4.78 is 23.0. The van der Waals surface area contributed by atoms with Crippen molar-refractivity contribution in [3.63, 3.8) is 0 Å². The Bertz CT molecular complexity index is 1090. The Hall–Kier alpha value is -3.25. The monoisotopic (exact) mass is 497 g/mol. The third-order valence-corrected chi connectivity index (χ3v) is 5.53. The van der Waals surface area contributed by atoms with E-state index in [0.29, 0.717) is 54.9 Å². The lowest BCUT2D eigenvalue weighted by Crippen LogP contribution is -2.17. The van der Waals surface area contributed by atoms with Gasteiger partial charge in [-0.25, -0.2) is 4.98 Å². The van der Waals surface area contributed by atoms with Gasteiger partial charge in [0.2, 0.25) is 0 Å². The predicted octanol–water partition coefficient (Wildman–Crippen LogP) is 6.82. The fraction of sp³-hybridized carbons (Fsp3) is 0.357. The largest absolute Gasteiger partial charge is 0.493 e. The van der Waals surface area contributed by atoms with E-state index in [0.717, 1.165) is 17.7 Å². The Morgan fingerprint density at radius 3 is 2.57 bits per heavy atom. The summed E-state index contributed by atoms with van der Waals surface area (Å²) in [6.45, 7) is 6.76. The molecule has 3 aromatic rings. The van der Waals surface area contributed by atoms with Crippen LogP contribution in [0.5, 0.6) is 23.1 Å². The Kier molecular flexibility index (Phi) is 10.2. The molecule has 35 heavy (non-hydrogen) atoms.